The molecule has 0 heterocycles. The molecule has 1 unspecified atom stereocenters. The molecule has 0 bridgehead atoms. The molecule has 0 amide bonds. The molecule has 0 fully saturated rings. The van der Waals surface area contributed by atoms with E-state index in [2.05, 4.69) is 62.5 Å². The van der Waals surface area contributed by atoms with Crippen LogP contribution in [0.25, 0.3) is 0 Å². The van der Waals surface area contributed by atoms with Crippen LogP contribution in [0.3, 0.4) is 0 Å². The van der Waals surface area contributed by atoms with Crippen LogP contribution in [0.15, 0.2) is 48.6 Å². The van der Waals surface area contributed by atoms with Gasteiger partial charge in [0, 0.05) is 12.8 Å². The van der Waals surface area contributed by atoms with E-state index in [1.165, 1.54) is 83.5 Å². The van der Waals surface area contributed by atoms with E-state index in [4.69, 9.17) is 18.5 Å². The average molecular weight is 824 g/mol. The van der Waals surface area contributed by atoms with Crippen molar-refractivity contribution >= 4 is 19.8 Å². The lowest BCUT2D eigenvalue weighted by atomic mass is 10.0. The topological polar surface area (TPSA) is 111 Å². The van der Waals surface area contributed by atoms with Crippen molar-refractivity contribution in [2.45, 2.75) is 193 Å². The number of esters is 2. The van der Waals surface area contributed by atoms with E-state index in [0.717, 1.165) is 64.2 Å². The van der Waals surface area contributed by atoms with Gasteiger partial charge in [0.2, 0.25) is 0 Å². The maximum atomic E-state index is 12.7. The van der Waals surface area contributed by atoms with Crippen LogP contribution in [0.5, 0.6) is 0 Å². The maximum absolute atomic E-state index is 12.7. The van der Waals surface area contributed by atoms with Crippen molar-refractivity contribution in [1.82, 2.24) is 0 Å². The Balaban J connectivity index is 4.39. The summed E-state index contributed by atoms with van der Waals surface area (Å²) < 4.78 is 33.9. The number of rotatable bonds is 41. The Labute approximate surface area is 350 Å². The zero-order valence-electron chi connectivity index (χ0n) is 37.3. The smallest absolute Gasteiger partial charge is 0.306 e. The fourth-order valence-electron chi connectivity index (χ4n) is 6.00. The molecule has 9 nitrogen and oxygen atoms in total. The number of carbonyl (C=O) groups excluding carboxylic acids is 2. The van der Waals surface area contributed by atoms with Crippen molar-refractivity contribution in [3.05, 3.63) is 48.6 Å². The van der Waals surface area contributed by atoms with E-state index in [9.17, 15) is 19.0 Å². The van der Waals surface area contributed by atoms with Crippen LogP contribution in [0.4, 0.5) is 0 Å². The van der Waals surface area contributed by atoms with Crippen LogP contribution >= 0.6 is 7.82 Å². The number of phosphoric acid groups is 1. The highest BCUT2D eigenvalue weighted by atomic mass is 31.2. The number of unbranched alkanes of at least 4 members (excludes halogenated alkanes) is 19. The van der Waals surface area contributed by atoms with Gasteiger partial charge in [0.25, 0.3) is 7.82 Å². The number of nitrogens with zero attached hydrogens (tertiary/aromatic N) is 1. The molecule has 0 aromatic rings. The van der Waals surface area contributed by atoms with Gasteiger partial charge >= 0.3 is 11.9 Å². The lowest BCUT2D eigenvalue weighted by Crippen LogP contribution is -2.37. The predicted octanol–water partition coefficient (Wildman–Crippen LogP) is 12.4. The number of quaternary nitrogens is 1. The first-order valence-corrected chi connectivity index (χ1v) is 24.3. The van der Waals surface area contributed by atoms with Crippen LogP contribution in [0.1, 0.15) is 187 Å². The minimum absolute atomic E-state index is 0.0364. The second-order valence-electron chi connectivity index (χ2n) is 16.4. The van der Waals surface area contributed by atoms with Crippen molar-refractivity contribution in [2.75, 3.05) is 47.5 Å². The lowest BCUT2D eigenvalue weighted by molar-refractivity contribution is -0.870. The monoisotopic (exact) mass is 824 g/mol. The van der Waals surface area contributed by atoms with Crippen molar-refractivity contribution in [3.63, 3.8) is 0 Å². The van der Waals surface area contributed by atoms with Gasteiger partial charge in [-0.2, -0.15) is 0 Å². The van der Waals surface area contributed by atoms with Crippen LogP contribution in [0, 0.1) is 0 Å². The molecule has 332 valence electrons. The van der Waals surface area contributed by atoms with E-state index >= 15 is 0 Å². The molecule has 0 spiro atoms. The molecular formula is C47H86NO8P. The first-order chi connectivity index (χ1) is 27.5. The van der Waals surface area contributed by atoms with Gasteiger partial charge in [0.05, 0.1) is 27.7 Å². The fraction of sp³-hybridized carbons (Fsp3) is 0.787. The summed E-state index contributed by atoms with van der Waals surface area (Å²) in [6.45, 7) is 4.13. The molecule has 0 aliphatic heterocycles. The van der Waals surface area contributed by atoms with Gasteiger partial charge in [-0.15, -0.1) is 0 Å². The minimum Gasteiger partial charge on any atom is -0.756 e. The highest BCUT2D eigenvalue weighted by Crippen LogP contribution is 2.38. The molecule has 57 heavy (non-hydrogen) atoms. The van der Waals surface area contributed by atoms with Gasteiger partial charge in [0.1, 0.15) is 19.8 Å². The summed E-state index contributed by atoms with van der Waals surface area (Å²) in [6.07, 6.45) is 45.6. The summed E-state index contributed by atoms with van der Waals surface area (Å²) in [5.41, 5.74) is 0. The highest BCUT2D eigenvalue weighted by molar-refractivity contribution is 7.45. The molecule has 0 aromatic heterocycles. The second-order valence-corrected chi connectivity index (χ2v) is 17.8. The van der Waals surface area contributed by atoms with E-state index in [1.807, 2.05) is 21.1 Å². The summed E-state index contributed by atoms with van der Waals surface area (Å²) >= 11 is 0. The van der Waals surface area contributed by atoms with Crippen molar-refractivity contribution in [2.24, 2.45) is 0 Å². The molecule has 10 heteroatoms. The summed E-state index contributed by atoms with van der Waals surface area (Å²) in [5, 5.41) is 0. The minimum atomic E-state index is -4.63. The third kappa shape index (κ3) is 43.4. The summed E-state index contributed by atoms with van der Waals surface area (Å²) in [4.78, 5) is 37.6. The second kappa shape index (κ2) is 39.4. The quantitative estimate of drug-likeness (QED) is 0.0197. The summed E-state index contributed by atoms with van der Waals surface area (Å²) in [5.74, 6) is -0.868. The number of carbonyl (C=O) groups is 2. The van der Waals surface area contributed by atoms with Crippen molar-refractivity contribution in [1.29, 1.82) is 0 Å². The first kappa shape index (κ1) is 55.0. The van der Waals surface area contributed by atoms with Crippen LogP contribution < -0.4 is 4.89 Å². The Morgan fingerprint density at radius 1 is 0.544 bits per heavy atom. The number of hydrogen-bond donors (Lipinski definition) is 0. The number of hydrogen-bond acceptors (Lipinski definition) is 8. The number of phosphoric ester groups is 1. The predicted molar refractivity (Wildman–Crippen MR) is 236 cm³/mol. The Kier molecular flexibility index (Phi) is 38.0. The third-order valence-electron chi connectivity index (χ3n) is 9.58. The SMILES string of the molecule is CCC/C=C/C/C=C/C/C=C/C/C=C/CCCCCC(=O)OC[C@H](COP(=O)([O-])OCC[N+](C)(C)C)OC(=O)CCCCCCCCCCCCCCCCCC. The Morgan fingerprint density at radius 2 is 0.982 bits per heavy atom. The zero-order valence-corrected chi connectivity index (χ0v) is 38.2. The maximum Gasteiger partial charge on any atom is 0.306 e. The summed E-state index contributed by atoms with van der Waals surface area (Å²) in [6, 6.07) is 0. The summed E-state index contributed by atoms with van der Waals surface area (Å²) in [7, 11) is 1.15. The standard InChI is InChI=1S/C47H86NO8P/c1-6-8-10-12-14-16-18-20-22-24-26-27-29-31-33-35-37-39-46(49)53-43-45(44-55-57(51,52)54-42-41-48(3,4)5)56-47(50)40-38-36-34-32-30-28-25-23-21-19-17-15-13-11-9-7-2/h10,12,16,18,22,24,27,29,45H,6-9,11,13-15,17,19-21,23,25-26,28,30-44H2,1-5H3/b12-10+,18-16+,24-22+,29-27+/t45-/m1/s1. The van der Waals surface area contributed by atoms with Crippen LogP contribution in [0.2, 0.25) is 0 Å². The average Bonchev–Trinajstić information content (AvgIpc) is 3.16. The molecular weight excluding hydrogens is 737 g/mol. The van der Waals surface area contributed by atoms with Gasteiger partial charge in [-0.25, -0.2) is 0 Å². The Hall–Kier alpha value is -2.03. The van der Waals surface area contributed by atoms with Crippen LogP contribution in [-0.2, 0) is 32.7 Å². The fourth-order valence-corrected chi connectivity index (χ4v) is 6.73. The molecule has 0 radical (unpaired) electrons. The Morgan fingerprint density at radius 3 is 1.47 bits per heavy atom. The van der Waals surface area contributed by atoms with Gasteiger partial charge < -0.3 is 27.9 Å². The van der Waals surface area contributed by atoms with Crippen molar-refractivity contribution < 1.29 is 42.1 Å². The van der Waals surface area contributed by atoms with Crippen LogP contribution in [-0.4, -0.2) is 70.0 Å². The molecule has 0 N–H and O–H groups in total. The normalized spacial score (nSPS) is 14.0. The van der Waals surface area contributed by atoms with E-state index in [1.54, 1.807) is 0 Å². The molecule has 2 atom stereocenters. The number of allylic oxidation sites excluding steroid dienone is 8. The molecule has 0 aliphatic carbocycles. The van der Waals surface area contributed by atoms with Crippen molar-refractivity contribution in [3.8, 4) is 0 Å². The molecule has 0 aliphatic rings. The molecule has 0 saturated heterocycles. The van der Waals surface area contributed by atoms with E-state index in [-0.39, 0.29) is 26.1 Å². The van der Waals surface area contributed by atoms with Gasteiger partial charge in [-0.3, -0.25) is 14.2 Å². The Bertz CT molecular complexity index is 1110. The van der Waals surface area contributed by atoms with E-state index in [0.29, 0.717) is 23.9 Å². The number of likely N-dealkylation sites (N-methyl/N-ethyl adjacent to an activating group) is 1. The largest absolute Gasteiger partial charge is 0.756 e. The highest BCUT2D eigenvalue weighted by Gasteiger charge is 2.21. The van der Waals surface area contributed by atoms with E-state index < -0.39 is 32.5 Å². The lowest BCUT2D eigenvalue weighted by Gasteiger charge is -2.28. The molecule has 0 rings (SSSR count). The molecule has 0 aromatic carbocycles. The zero-order chi connectivity index (χ0) is 42.1. The van der Waals surface area contributed by atoms with Gasteiger partial charge in [0.15, 0.2) is 6.10 Å². The number of ether oxygens (including phenoxy) is 2. The van der Waals surface area contributed by atoms with Gasteiger partial charge in [-0.1, -0.05) is 172 Å². The first-order valence-electron chi connectivity index (χ1n) is 22.8. The third-order valence-corrected chi connectivity index (χ3v) is 10.5. The molecule has 0 saturated carbocycles. The van der Waals surface area contributed by atoms with Gasteiger partial charge in [-0.05, 0) is 51.4 Å².